The first-order valence-corrected chi connectivity index (χ1v) is 7.76. The van der Waals surface area contributed by atoms with Crippen molar-refractivity contribution < 1.29 is 14.5 Å². The van der Waals surface area contributed by atoms with Gasteiger partial charge in [-0.2, -0.15) is 0 Å². The van der Waals surface area contributed by atoms with Crippen LogP contribution < -0.4 is 5.32 Å². The van der Waals surface area contributed by atoms with Crippen molar-refractivity contribution in [3.05, 3.63) is 21.6 Å². The lowest BCUT2D eigenvalue weighted by Crippen LogP contribution is -2.32. The molecule has 104 valence electrons. The van der Waals surface area contributed by atoms with E-state index in [2.05, 4.69) is 5.32 Å². The number of rotatable bonds is 6. The molecule has 2 rings (SSSR count). The van der Waals surface area contributed by atoms with Gasteiger partial charge in [0.25, 0.3) is 0 Å². The third kappa shape index (κ3) is 4.19. The molecule has 6 nitrogen and oxygen atoms in total. The Balaban J connectivity index is 1.73. The van der Waals surface area contributed by atoms with Crippen molar-refractivity contribution >= 4 is 34.0 Å². The second-order valence-corrected chi connectivity index (χ2v) is 5.99. The molecule has 0 aromatic carbocycles. The van der Waals surface area contributed by atoms with E-state index >= 15 is 0 Å². The number of ether oxygens (including phenoxy) is 1. The summed E-state index contributed by atoms with van der Waals surface area (Å²) < 4.78 is 5.40. The molecule has 0 radical (unpaired) electrons. The topological polar surface area (TPSA) is 81.5 Å². The largest absolute Gasteiger partial charge is 0.376 e. The fourth-order valence-corrected chi connectivity index (χ4v) is 3.52. The summed E-state index contributed by atoms with van der Waals surface area (Å²) in [6, 6.07) is 1.67. The molecule has 1 atom stereocenters. The molecule has 2 heterocycles. The van der Waals surface area contributed by atoms with Crippen LogP contribution in [0.15, 0.2) is 16.3 Å². The van der Waals surface area contributed by atoms with Gasteiger partial charge in [0, 0.05) is 13.2 Å². The lowest BCUT2D eigenvalue weighted by molar-refractivity contribution is -0.382. The van der Waals surface area contributed by atoms with Crippen molar-refractivity contribution in [3.8, 4) is 0 Å². The minimum absolute atomic E-state index is 0.0944. The van der Waals surface area contributed by atoms with Gasteiger partial charge in [0.1, 0.15) is 0 Å². The van der Waals surface area contributed by atoms with Gasteiger partial charge >= 0.3 is 5.00 Å². The monoisotopic (exact) mass is 302 g/mol. The first-order chi connectivity index (χ1) is 9.16. The Hall–Kier alpha value is -1.12. The number of nitrogens with zero attached hydrogens (tertiary/aromatic N) is 1. The van der Waals surface area contributed by atoms with E-state index in [0.29, 0.717) is 11.4 Å². The average Bonchev–Trinajstić information content (AvgIpc) is 3.04. The van der Waals surface area contributed by atoms with Crippen LogP contribution in [0.4, 0.5) is 5.00 Å². The van der Waals surface area contributed by atoms with Crippen LogP contribution in [0.2, 0.25) is 0 Å². The van der Waals surface area contributed by atoms with Gasteiger partial charge in [0.2, 0.25) is 5.91 Å². The van der Waals surface area contributed by atoms with Crippen LogP contribution in [0.1, 0.15) is 12.8 Å². The second-order valence-electron chi connectivity index (χ2n) is 4.07. The van der Waals surface area contributed by atoms with Gasteiger partial charge in [0.05, 0.1) is 21.7 Å². The van der Waals surface area contributed by atoms with Crippen molar-refractivity contribution in [1.82, 2.24) is 5.32 Å². The van der Waals surface area contributed by atoms with Crippen LogP contribution in [-0.2, 0) is 9.53 Å². The van der Waals surface area contributed by atoms with E-state index < -0.39 is 4.92 Å². The molecule has 0 aliphatic carbocycles. The zero-order valence-corrected chi connectivity index (χ0v) is 11.8. The zero-order chi connectivity index (χ0) is 13.7. The van der Waals surface area contributed by atoms with Gasteiger partial charge in [-0.1, -0.05) is 11.3 Å². The highest BCUT2D eigenvalue weighted by Crippen LogP contribution is 2.33. The highest BCUT2D eigenvalue weighted by Gasteiger charge is 2.18. The molecule has 1 aliphatic heterocycles. The van der Waals surface area contributed by atoms with E-state index in [1.807, 2.05) is 0 Å². The molecular formula is C11H14N2O4S2. The highest BCUT2D eigenvalue weighted by molar-refractivity contribution is 8.00. The Kier molecular flexibility index (Phi) is 5.17. The maximum Gasteiger partial charge on any atom is 0.337 e. The SMILES string of the molecule is O=C(CSc1ccsc1[N+](=O)[O-])NC[C@@H]1CCCO1. The third-order valence-corrected chi connectivity index (χ3v) is 4.73. The van der Waals surface area contributed by atoms with E-state index in [9.17, 15) is 14.9 Å². The number of thiophene rings is 1. The summed E-state index contributed by atoms with van der Waals surface area (Å²) in [4.78, 5) is 22.5. The standard InChI is InChI=1S/C11H14N2O4S2/c14-10(12-6-8-2-1-4-17-8)7-19-9-3-5-18-11(9)13(15)16/h3,5,8H,1-2,4,6-7H2,(H,12,14)/t8-/m0/s1. The van der Waals surface area contributed by atoms with Crippen LogP contribution in [0, 0.1) is 10.1 Å². The second kappa shape index (κ2) is 6.88. The van der Waals surface area contributed by atoms with Gasteiger partial charge in [-0.3, -0.25) is 14.9 Å². The molecule has 1 amide bonds. The van der Waals surface area contributed by atoms with E-state index in [1.54, 1.807) is 11.4 Å². The van der Waals surface area contributed by atoms with E-state index in [0.717, 1.165) is 30.8 Å². The van der Waals surface area contributed by atoms with Crippen LogP contribution >= 0.6 is 23.1 Å². The lowest BCUT2D eigenvalue weighted by Gasteiger charge is -2.10. The summed E-state index contributed by atoms with van der Waals surface area (Å²) in [7, 11) is 0. The first kappa shape index (κ1) is 14.3. The third-order valence-electron chi connectivity index (χ3n) is 2.69. The summed E-state index contributed by atoms with van der Waals surface area (Å²) in [5.41, 5.74) is 0. The van der Waals surface area contributed by atoms with Crippen LogP contribution in [0.3, 0.4) is 0 Å². The summed E-state index contributed by atoms with van der Waals surface area (Å²) >= 11 is 2.26. The number of carbonyl (C=O) groups is 1. The van der Waals surface area contributed by atoms with Crippen LogP contribution in [0.25, 0.3) is 0 Å². The Morgan fingerprint density at radius 3 is 3.21 bits per heavy atom. The van der Waals surface area contributed by atoms with Gasteiger partial charge in [-0.15, -0.1) is 11.8 Å². The van der Waals surface area contributed by atoms with Gasteiger partial charge in [0.15, 0.2) is 0 Å². The molecule has 0 unspecified atom stereocenters. The number of thioether (sulfide) groups is 1. The maximum absolute atomic E-state index is 11.6. The van der Waals surface area contributed by atoms with E-state index in [-0.39, 0.29) is 22.8 Å². The predicted octanol–water partition coefficient (Wildman–Crippen LogP) is 2.04. The summed E-state index contributed by atoms with van der Waals surface area (Å²) in [5.74, 6) is 0.0607. The normalized spacial score (nSPS) is 18.4. The molecule has 1 aromatic rings. The van der Waals surface area contributed by atoms with Gasteiger partial charge in [-0.05, 0) is 24.3 Å². The Morgan fingerprint density at radius 1 is 1.68 bits per heavy atom. The summed E-state index contributed by atoms with van der Waals surface area (Å²) in [6.07, 6.45) is 2.13. The number of hydrogen-bond donors (Lipinski definition) is 1. The molecule has 8 heteroatoms. The molecule has 0 saturated carbocycles. The molecule has 19 heavy (non-hydrogen) atoms. The fourth-order valence-electron chi connectivity index (χ4n) is 1.76. The molecule has 1 fully saturated rings. The molecular weight excluding hydrogens is 288 g/mol. The van der Waals surface area contributed by atoms with Crippen LogP contribution in [-0.4, -0.2) is 35.8 Å². The van der Waals surface area contributed by atoms with Crippen molar-refractivity contribution in [2.24, 2.45) is 0 Å². The van der Waals surface area contributed by atoms with Gasteiger partial charge in [-0.25, -0.2) is 0 Å². The molecule has 0 spiro atoms. The number of nitro groups is 1. The van der Waals surface area contributed by atoms with E-state index in [1.165, 1.54) is 11.8 Å². The molecule has 1 aliphatic rings. The fraction of sp³-hybridized carbons (Fsp3) is 0.545. The van der Waals surface area contributed by atoms with Crippen molar-refractivity contribution in [3.63, 3.8) is 0 Å². The molecule has 0 bridgehead atoms. The quantitative estimate of drug-likeness (QED) is 0.494. The lowest BCUT2D eigenvalue weighted by atomic mass is 10.2. The minimum Gasteiger partial charge on any atom is -0.376 e. The van der Waals surface area contributed by atoms with E-state index in [4.69, 9.17) is 4.74 Å². The Bertz CT molecular complexity index is 457. The van der Waals surface area contributed by atoms with Gasteiger partial charge < -0.3 is 10.1 Å². The van der Waals surface area contributed by atoms with Crippen molar-refractivity contribution in [2.75, 3.05) is 18.9 Å². The zero-order valence-electron chi connectivity index (χ0n) is 10.2. The number of carbonyl (C=O) groups excluding carboxylic acids is 1. The molecule has 1 N–H and O–H groups in total. The highest BCUT2D eigenvalue weighted by atomic mass is 32.2. The van der Waals surface area contributed by atoms with Crippen molar-refractivity contribution in [2.45, 2.75) is 23.8 Å². The predicted molar refractivity (Wildman–Crippen MR) is 73.7 cm³/mol. The molecule has 1 aromatic heterocycles. The number of nitrogens with one attached hydrogen (secondary N) is 1. The number of hydrogen-bond acceptors (Lipinski definition) is 6. The number of amides is 1. The summed E-state index contributed by atoms with van der Waals surface area (Å²) in [6.45, 7) is 1.28. The van der Waals surface area contributed by atoms with Crippen LogP contribution in [0.5, 0.6) is 0 Å². The van der Waals surface area contributed by atoms with Crippen molar-refractivity contribution in [1.29, 1.82) is 0 Å². The Morgan fingerprint density at radius 2 is 2.53 bits per heavy atom. The smallest absolute Gasteiger partial charge is 0.337 e. The summed E-state index contributed by atoms with van der Waals surface area (Å²) in [5, 5.41) is 15.2. The minimum atomic E-state index is -0.419. The Labute approximate surface area is 118 Å². The molecule has 1 saturated heterocycles. The maximum atomic E-state index is 11.6. The average molecular weight is 302 g/mol. The first-order valence-electron chi connectivity index (χ1n) is 5.90.